The molecule has 2 aromatic rings. The Kier molecular flexibility index (Phi) is 2.96. The highest BCUT2D eigenvalue weighted by Gasteiger charge is 2.16. The first kappa shape index (κ1) is 11.5. The number of rotatable bonds is 2. The van der Waals surface area contributed by atoms with Crippen LogP contribution in [0.1, 0.15) is 30.2 Å². The molecule has 92 valence electrons. The molecule has 0 saturated carbocycles. The van der Waals surface area contributed by atoms with Crippen molar-refractivity contribution in [2.24, 2.45) is 0 Å². The maximum Gasteiger partial charge on any atom is 0.139 e. The Hall–Kier alpha value is -1.55. The van der Waals surface area contributed by atoms with Gasteiger partial charge in [-0.1, -0.05) is 19.1 Å². The molecule has 2 aromatic heterocycles. The van der Waals surface area contributed by atoms with Gasteiger partial charge in [0.2, 0.25) is 0 Å². The van der Waals surface area contributed by atoms with Crippen molar-refractivity contribution in [1.29, 1.82) is 0 Å². The van der Waals surface area contributed by atoms with Gasteiger partial charge in [-0.3, -0.25) is 4.98 Å². The van der Waals surface area contributed by atoms with Crippen LogP contribution in [0.3, 0.4) is 0 Å². The number of nitrogens with zero attached hydrogens (tertiary/aromatic N) is 2. The zero-order valence-electron chi connectivity index (χ0n) is 10.4. The van der Waals surface area contributed by atoms with E-state index in [-0.39, 0.29) is 0 Å². The Labute approximate surface area is 111 Å². The molecule has 0 aromatic carbocycles. The molecule has 0 spiro atoms. The summed E-state index contributed by atoms with van der Waals surface area (Å²) in [6.07, 6.45) is 7.98. The van der Waals surface area contributed by atoms with Gasteiger partial charge < -0.3 is 4.98 Å². The molecule has 1 aliphatic rings. The summed E-state index contributed by atoms with van der Waals surface area (Å²) < 4.78 is 0.759. The van der Waals surface area contributed by atoms with Crippen LogP contribution in [-0.2, 0) is 19.3 Å². The molecule has 0 aliphatic heterocycles. The molecule has 1 aliphatic carbocycles. The Morgan fingerprint density at radius 3 is 3.11 bits per heavy atom. The zero-order chi connectivity index (χ0) is 12.5. The van der Waals surface area contributed by atoms with Crippen molar-refractivity contribution in [3.63, 3.8) is 0 Å². The van der Waals surface area contributed by atoms with Crippen LogP contribution in [0, 0.1) is 4.64 Å². The summed E-state index contributed by atoms with van der Waals surface area (Å²) in [7, 11) is 0. The van der Waals surface area contributed by atoms with E-state index in [4.69, 9.17) is 12.2 Å². The van der Waals surface area contributed by atoms with E-state index in [1.165, 1.54) is 23.2 Å². The largest absolute Gasteiger partial charge is 0.343 e. The quantitative estimate of drug-likeness (QED) is 0.840. The standard InChI is InChI=1S/C14H15N3S/c1-2-9-8-15-7-6-10(9)13-16-12-5-3-4-11(12)14(18)17-13/h6-8H,2-5H2,1H3,(H,16,17,18). The van der Waals surface area contributed by atoms with Crippen LogP contribution in [-0.4, -0.2) is 15.0 Å². The van der Waals surface area contributed by atoms with E-state index in [1.807, 2.05) is 12.3 Å². The predicted molar refractivity (Wildman–Crippen MR) is 74.1 cm³/mol. The van der Waals surface area contributed by atoms with Gasteiger partial charge in [-0.2, -0.15) is 0 Å². The number of fused-ring (bicyclic) bond motifs is 1. The summed E-state index contributed by atoms with van der Waals surface area (Å²) in [4.78, 5) is 12.2. The summed E-state index contributed by atoms with van der Waals surface area (Å²) in [6.45, 7) is 2.13. The van der Waals surface area contributed by atoms with Crippen LogP contribution in [0.25, 0.3) is 11.4 Å². The van der Waals surface area contributed by atoms with E-state index >= 15 is 0 Å². The average Bonchev–Trinajstić information content (AvgIpc) is 2.87. The third kappa shape index (κ3) is 1.86. The second-order valence-corrected chi connectivity index (χ2v) is 4.97. The van der Waals surface area contributed by atoms with Crippen molar-refractivity contribution in [2.75, 3.05) is 0 Å². The number of nitrogens with one attached hydrogen (secondary N) is 1. The third-order valence-corrected chi connectivity index (χ3v) is 3.84. The van der Waals surface area contributed by atoms with Gasteiger partial charge in [-0.15, -0.1) is 0 Å². The van der Waals surface area contributed by atoms with E-state index in [0.29, 0.717) is 0 Å². The fourth-order valence-corrected chi connectivity index (χ4v) is 2.84. The summed E-state index contributed by atoms with van der Waals surface area (Å²) >= 11 is 5.40. The smallest absolute Gasteiger partial charge is 0.139 e. The summed E-state index contributed by atoms with van der Waals surface area (Å²) in [5.41, 5.74) is 4.83. The molecule has 0 bridgehead atoms. The minimum absolute atomic E-state index is 0.759. The number of pyridine rings is 1. The maximum absolute atomic E-state index is 5.40. The van der Waals surface area contributed by atoms with Crippen molar-refractivity contribution >= 4 is 12.2 Å². The Balaban J connectivity index is 2.18. The Morgan fingerprint density at radius 2 is 2.28 bits per heavy atom. The van der Waals surface area contributed by atoms with E-state index in [9.17, 15) is 0 Å². The minimum Gasteiger partial charge on any atom is -0.343 e. The topological polar surface area (TPSA) is 41.6 Å². The van der Waals surface area contributed by atoms with Crippen molar-refractivity contribution in [3.8, 4) is 11.4 Å². The van der Waals surface area contributed by atoms with Gasteiger partial charge in [-0.25, -0.2) is 4.98 Å². The van der Waals surface area contributed by atoms with Gasteiger partial charge in [-0.05, 0) is 37.3 Å². The highest BCUT2D eigenvalue weighted by molar-refractivity contribution is 7.71. The molecule has 4 heteroatoms. The predicted octanol–water partition coefficient (Wildman–Crippen LogP) is 3.25. The van der Waals surface area contributed by atoms with E-state index < -0.39 is 0 Å². The third-order valence-electron chi connectivity index (χ3n) is 3.50. The van der Waals surface area contributed by atoms with E-state index in [0.717, 1.165) is 35.3 Å². The molecule has 3 rings (SSSR count). The van der Waals surface area contributed by atoms with E-state index in [1.54, 1.807) is 6.20 Å². The highest BCUT2D eigenvalue weighted by atomic mass is 32.1. The molecule has 1 N–H and O–H groups in total. The Morgan fingerprint density at radius 1 is 1.39 bits per heavy atom. The molecule has 0 saturated heterocycles. The summed E-state index contributed by atoms with van der Waals surface area (Å²) in [6, 6.07) is 2.01. The lowest BCUT2D eigenvalue weighted by atomic mass is 10.1. The lowest BCUT2D eigenvalue weighted by molar-refractivity contribution is 0.899. The van der Waals surface area contributed by atoms with Crippen LogP contribution in [0.4, 0.5) is 0 Å². The monoisotopic (exact) mass is 257 g/mol. The molecule has 3 nitrogen and oxygen atoms in total. The molecule has 0 amide bonds. The van der Waals surface area contributed by atoms with Crippen LogP contribution in [0.15, 0.2) is 18.5 Å². The van der Waals surface area contributed by atoms with Crippen molar-refractivity contribution in [3.05, 3.63) is 39.9 Å². The number of aromatic nitrogens is 3. The van der Waals surface area contributed by atoms with Crippen molar-refractivity contribution in [1.82, 2.24) is 15.0 Å². The molecule has 0 unspecified atom stereocenters. The first-order valence-electron chi connectivity index (χ1n) is 6.35. The first-order chi connectivity index (χ1) is 8.79. The second-order valence-electron chi connectivity index (χ2n) is 4.59. The number of hydrogen-bond acceptors (Lipinski definition) is 3. The lowest BCUT2D eigenvalue weighted by Crippen LogP contribution is -1.99. The Bertz CT molecular complexity index is 646. The molecule has 0 radical (unpaired) electrons. The number of aryl methyl sites for hydroxylation is 2. The molecule has 18 heavy (non-hydrogen) atoms. The minimum atomic E-state index is 0.759. The normalized spacial score (nSPS) is 13.6. The maximum atomic E-state index is 5.40. The summed E-state index contributed by atoms with van der Waals surface area (Å²) in [5.74, 6) is 0.889. The van der Waals surface area contributed by atoms with Gasteiger partial charge in [0.1, 0.15) is 10.5 Å². The van der Waals surface area contributed by atoms with Crippen LogP contribution in [0.5, 0.6) is 0 Å². The number of aromatic amines is 1. The van der Waals surface area contributed by atoms with Crippen LogP contribution in [0.2, 0.25) is 0 Å². The SMILES string of the molecule is CCc1cnccc1-c1nc(=S)c2c([nH]1)CCC2. The zero-order valence-corrected chi connectivity index (χ0v) is 11.2. The fourth-order valence-electron chi connectivity index (χ4n) is 2.53. The number of H-pyrrole nitrogens is 1. The first-order valence-corrected chi connectivity index (χ1v) is 6.75. The van der Waals surface area contributed by atoms with Gasteiger partial charge in [0.25, 0.3) is 0 Å². The van der Waals surface area contributed by atoms with Gasteiger partial charge >= 0.3 is 0 Å². The van der Waals surface area contributed by atoms with Crippen molar-refractivity contribution in [2.45, 2.75) is 32.6 Å². The fraction of sp³-hybridized carbons (Fsp3) is 0.357. The van der Waals surface area contributed by atoms with E-state index in [2.05, 4.69) is 21.9 Å². The van der Waals surface area contributed by atoms with Crippen LogP contribution >= 0.6 is 12.2 Å². The lowest BCUT2D eigenvalue weighted by Gasteiger charge is -2.09. The van der Waals surface area contributed by atoms with Crippen molar-refractivity contribution < 1.29 is 0 Å². The molecule has 0 fully saturated rings. The molecular formula is C14H15N3S. The summed E-state index contributed by atoms with van der Waals surface area (Å²) in [5, 5.41) is 0. The average molecular weight is 257 g/mol. The van der Waals surface area contributed by atoms with Gasteiger partial charge in [0.15, 0.2) is 0 Å². The highest BCUT2D eigenvalue weighted by Crippen LogP contribution is 2.25. The van der Waals surface area contributed by atoms with Crippen LogP contribution < -0.4 is 0 Å². The number of hydrogen-bond donors (Lipinski definition) is 1. The molecular weight excluding hydrogens is 242 g/mol. The molecule has 0 atom stereocenters. The van der Waals surface area contributed by atoms with Gasteiger partial charge in [0.05, 0.1) is 0 Å². The van der Waals surface area contributed by atoms with Gasteiger partial charge in [0, 0.05) is 29.2 Å². The second kappa shape index (κ2) is 4.61. The molecule has 2 heterocycles.